The lowest BCUT2D eigenvalue weighted by Gasteiger charge is -2.28. The van der Waals surface area contributed by atoms with Gasteiger partial charge in [-0.3, -0.25) is 9.59 Å². The second-order valence-corrected chi connectivity index (χ2v) is 6.32. The molecule has 0 radical (unpaired) electrons. The van der Waals surface area contributed by atoms with Gasteiger partial charge in [-0.1, -0.05) is 6.58 Å². The number of hydrogen-bond donors (Lipinski definition) is 1. The van der Waals surface area contributed by atoms with Crippen LogP contribution in [0.3, 0.4) is 0 Å². The summed E-state index contributed by atoms with van der Waals surface area (Å²) in [5.41, 5.74) is 1.91. The first-order chi connectivity index (χ1) is 10.6. The molecule has 0 aromatic heterocycles. The Morgan fingerprint density at radius 2 is 1.95 bits per heavy atom. The molecule has 1 fully saturated rings. The molecule has 1 aromatic carbocycles. The van der Waals surface area contributed by atoms with Crippen molar-refractivity contribution >= 4 is 35.0 Å². The van der Waals surface area contributed by atoms with E-state index in [1.807, 2.05) is 36.0 Å². The number of anilines is 2. The van der Waals surface area contributed by atoms with Crippen LogP contribution in [-0.2, 0) is 9.59 Å². The highest BCUT2D eigenvalue weighted by Gasteiger charge is 2.12. The van der Waals surface area contributed by atoms with Crippen LogP contribution >= 0.6 is 11.8 Å². The van der Waals surface area contributed by atoms with E-state index in [-0.39, 0.29) is 18.4 Å². The molecule has 118 valence electrons. The van der Waals surface area contributed by atoms with Crippen molar-refractivity contribution in [1.82, 2.24) is 4.90 Å². The lowest BCUT2D eigenvalue weighted by molar-refractivity contribution is -0.129. The number of nitrogens with one attached hydrogen (secondary N) is 1. The monoisotopic (exact) mass is 319 g/mol. The third kappa shape index (κ3) is 4.53. The van der Waals surface area contributed by atoms with Gasteiger partial charge in [0.15, 0.2) is 0 Å². The van der Waals surface area contributed by atoms with Crippen molar-refractivity contribution < 1.29 is 9.59 Å². The molecule has 0 aliphatic carbocycles. The van der Waals surface area contributed by atoms with Gasteiger partial charge in [0, 0.05) is 43.0 Å². The molecule has 1 heterocycles. The van der Waals surface area contributed by atoms with Crippen molar-refractivity contribution in [2.24, 2.45) is 0 Å². The quantitative estimate of drug-likeness (QED) is 0.841. The normalized spacial score (nSPS) is 14.3. The maximum atomic E-state index is 11.9. The van der Waals surface area contributed by atoms with Crippen molar-refractivity contribution in [3.8, 4) is 0 Å². The molecule has 0 spiro atoms. The van der Waals surface area contributed by atoms with Gasteiger partial charge in [0.1, 0.15) is 0 Å². The standard InChI is InChI=1S/C16H21N3O2S/c1-3-16(21)18(2)12-15(20)17-13-4-6-14(7-5-13)19-8-10-22-11-9-19/h3-7H,1,8-12H2,2H3,(H,17,20). The number of thioether (sulfide) groups is 1. The first kappa shape index (κ1) is 16.4. The smallest absolute Gasteiger partial charge is 0.246 e. The summed E-state index contributed by atoms with van der Waals surface area (Å²) in [6.45, 7) is 5.53. The minimum Gasteiger partial charge on any atom is -0.370 e. The van der Waals surface area contributed by atoms with Crippen LogP contribution in [0.5, 0.6) is 0 Å². The number of likely N-dealkylation sites (N-methyl/N-ethyl adjacent to an activating group) is 1. The van der Waals surface area contributed by atoms with Gasteiger partial charge < -0.3 is 15.1 Å². The molecule has 1 N–H and O–H groups in total. The van der Waals surface area contributed by atoms with E-state index in [2.05, 4.69) is 16.8 Å². The number of carbonyl (C=O) groups excluding carboxylic acids is 2. The zero-order valence-electron chi connectivity index (χ0n) is 12.7. The topological polar surface area (TPSA) is 52.7 Å². The van der Waals surface area contributed by atoms with Crippen LogP contribution in [0, 0.1) is 0 Å². The lowest BCUT2D eigenvalue weighted by Crippen LogP contribution is -2.34. The average Bonchev–Trinajstić information content (AvgIpc) is 2.55. The van der Waals surface area contributed by atoms with Crippen LogP contribution < -0.4 is 10.2 Å². The molecule has 6 heteroatoms. The summed E-state index contributed by atoms with van der Waals surface area (Å²) >= 11 is 1.98. The Morgan fingerprint density at radius 3 is 2.55 bits per heavy atom. The number of amides is 2. The van der Waals surface area contributed by atoms with Gasteiger partial charge in [-0.15, -0.1) is 0 Å². The molecule has 1 aliphatic heterocycles. The van der Waals surface area contributed by atoms with E-state index in [1.54, 1.807) is 7.05 Å². The van der Waals surface area contributed by atoms with Crippen molar-refractivity contribution in [3.63, 3.8) is 0 Å². The number of benzene rings is 1. The molecule has 0 unspecified atom stereocenters. The van der Waals surface area contributed by atoms with Crippen LogP contribution in [0.25, 0.3) is 0 Å². The molecular formula is C16H21N3O2S. The molecule has 2 rings (SSSR count). The van der Waals surface area contributed by atoms with Gasteiger partial charge in [-0.05, 0) is 30.3 Å². The summed E-state index contributed by atoms with van der Waals surface area (Å²) in [4.78, 5) is 26.9. The Bertz CT molecular complexity index is 539. The summed E-state index contributed by atoms with van der Waals surface area (Å²) in [5.74, 6) is 1.82. The van der Waals surface area contributed by atoms with Gasteiger partial charge >= 0.3 is 0 Å². The third-order valence-corrected chi connectivity index (χ3v) is 4.40. The molecule has 1 aromatic rings. The Labute approximate surface area is 135 Å². The number of hydrogen-bond acceptors (Lipinski definition) is 4. The summed E-state index contributed by atoms with van der Waals surface area (Å²) in [6.07, 6.45) is 1.19. The molecule has 1 aliphatic rings. The lowest BCUT2D eigenvalue weighted by atomic mass is 10.2. The largest absolute Gasteiger partial charge is 0.370 e. The van der Waals surface area contributed by atoms with Crippen LogP contribution in [0.1, 0.15) is 0 Å². The van der Waals surface area contributed by atoms with Gasteiger partial charge in [0.25, 0.3) is 0 Å². The predicted octanol–water partition coefficient (Wildman–Crippen LogP) is 1.82. The molecular weight excluding hydrogens is 298 g/mol. The van der Waals surface area contributed by atoms with Crippen LogP contribution in [0.15, 0.2) is 36.9 Å². The third-order valence-electron chi connectivity index (χ3n) is 3.46. The van der Waals surface area contributed by atoms with Gasteiger partial charge in [-0.25, -0.2) is 0 Å². The van der Waals surface area contributed by atoms with Crippen molar-refractivity contribution in [2.75, 3.05) is 48.4 Å². The van der Waals surface area contributed by atoms with E-state index in [0.29, 0.717) is 0 Å². The Balaban J connectivity index is 1.89. The maximum absolute atomic E-state index is 11.9. The van der Waals surface area contributed by atoms with Gasteiger partial charge in [0.2, 0.25) is 11.8 Å². The molecule has 22 heavy (non-hydrogen) atoms. The fourth-order valence-electron chi connectivity index (χ4n) is 2.23. The summed E-state index contributed by atoms with van der Waals surface area (Å²) in [7, 11) is 1.57. The number of nitrogens with zero attached hydrogens (tertiary/aromatic N) is 2. The fourth-order valence-corrected chi connectivity index (χ4v) is 3.13. The number of carbonyl (C=O) groups is 2. The summed E-state index contributed by atoms with van der Waals surface area (Å²) in [5, 5.41) is 2.79. The van der Waals surface area contributed by atoms with Crippen LogP contribution in [0.4, 0.5) is 11.4 Å². The predicted molar refractivity (Wildman–Crippen MR) is 92.4 cm³/mol. The average molecular weight is 319 g/mol. The molecule has 1 saturated heterocycles. The zero-order chi connectivity index (χ0) is 15.9. The van der Waals surface area contributed by atoms with E-state index >= 15 is 0 Å². The molecule has 5 nitrogen and oxygen atoms in total. The second-order valence-electron chi connectivity index (χ2n) is 5.09. The van der Waals surface area contributed by atoms with Crippen molar-refractivity contribution in [1.29, 1.82) is 0 Å². The molecule has 0 atom stereocenters. The summed E-state index contributed by atoms with van der Waals surface area (Å²) in [6, 6.07) is 7.82. The SMILES string of the molecule is C=CC(=O)N(C)CC(=O)Nc1ccc(N2CCSCC2)cc1. The Hall–Kier alpha value is -1.95. The first-order valence-electron chi connectivity index (χ1n) is 7.20. The minimum atomic E-state index is -0.270. The highest BCUT2D eigenvalue weighted by Crippen LogP contribution is 2.21. The molecule has 0 bridgehead atoms. The maximum Gasteiger partial charge on any atom is 0.246 e. The van der Waals surface area contributed by atoms with Crippen LogP contribution in [-0.4, -0.2) is 54.9 Å². The van der Waals surface area contributed by atoms with E-state index in [9.17, 15) is 9.59 Å². The van der Waals surface area contributed by atoms with Gasteiger partial charge in [-0.2, -0.15) is 11.8 Å². The number of rotatable bonds is 5. The summed E-state index contributed by atoms with van der Waals surface area (Å²) < 4.78 is 0. The van der Waals surface area contributed by atoms with E-state index in [4.69, 9.17) is 0 Å². The fraction of sp³-hybridized carbons (Fsp3) is 0.375. The molecule has 2 amide bonds. The Kier molecular flexibility index (Phi) is 5.89. The highest BCUT2D eigenvalue weighted by molar-refractivity contribution is 7.99. The van der Waals surface area contributed by atoms with Crippen molar-refractivity contribution in [3.05, 3.63) is 36.9 Å². The minimum absolute atomic E-state index is 0.00987. The van der Waals surface area contributed by atoms with E-state index < -0.39 is 0 Å². The first-order valence-corrected chi connectivity index (χ1v) is 8.36. The molecule has 0 saturated carbocycles. The van der Waals surface area contributed by atoms with Crippen molar-refractivity contribution in [2.45, 2.75) is 0 Å². The van der Waals surface area contributed by atoms with Gasteiger partial charge in [0.05, 0.1) is 6.54 Å². The second kappa shape index (κ2) is 7.89. The van der Waals surface area contributed by atoms with Crippen LogP contribution in [0.2, 0.25) is 0 Å². The highest BCUT2D eigenvalue weighted by atomic mass is 32.2. The van der Waals surface area contributed by atoms with E-state index in [0.717, 1.165) is 30.3 Å². The zero-order valence-corrected chi connectivity index (χ0v) is 13.6. The Morgan fingerprint density at radius 1 is 1.32 bits per heavy atom. The van der Waals surface area contributed by atoms with E-state index in [1.165, 1.54) is 16.7 Å².